The van der Waals surface area contributed by atoms with Gasteiger partial charge in [-0.25, -0.2) is 0 Å². The number of rotatable bonds is 27. The van der Waals surface area contributed by atoms with E-state index < -0.39 is 25.0 Å². The van der Waals surface area contributed by atoms with E-state index in [-0.39, 0.29) is 5.75 Å². The lowest BCUT2D eigenvalue weighted by molar-refractivity contribution is -0.136. The van der Waals surface area contributed by atoms with Crippen LogP contribution in [0.4, 0.5) is 5.69 Å². The number of phenolic OH excluding ortho intramolecular Hbond substituents is 1. The Morgan fingerprint density at radius 2 is 1.11 bits per heavy atom. The van der Waals surface area contributed by atoms with Crippen molar-refractivity contribution >= 4 is 17.6 Å². The molecule has 0 saturated carbocycles. The van der Waals surface area contributed by atoms with Crippen LogP contribution >= 0.6 is 0 Å². The van der Waals surface area contributed by atoms with E-state index in [1.807, 2.05) is 6.07 Å². The Kier molecular flexibility index (Phi) is 19.2. The molecule has 0 fully saturated rings. The molecule has 8 nitrogen and oxygen atoms in total. The van der Waals surface area contributed by atoms with Crippen molar-refractivity contribution in [2.75, 3.05) is 31.2 Å². The van der Waals surface area contributed by atoms with Gasteiger partial charge in [-0.15, -0.1) is 0 Å². The molecule has 0 bridgehead atoms. The highest BCUT2D eigenvalue weighted by atomic mass is 16.5. The van der Waals surface area contributed by atoms with E-state index in [0.29, 0.717) is 36.8 Å². The summed E-state index contributed by atoms with van der Waals surface area (Å²) in [6.45, 7) is 2.18. The second kappa shape index (κ2) is 23.0. The predicted octanol–water partition coefficient (Wildman–Crippen LogP) is 8.63. The Labute approximate surface area is 264 Å². The number of benzene rings is 2. The van der Waals surface area contributed by atoms with Gasteiger partial charge in [0.15, 0.2) is 0 Å². The number of carbonyl (C=O) groups is 2. The Hall–Kier alpha value is -3.42. The fraction of sp³-hybridized carbons (Fsp3) is 0.611. The molecule has 246 valence electrons. The number of hydrogen-bond donors (Lipinski definition) is 3. The SMILES string of the molecule is CCCCCCCCCCCCCCCCCCOc1cc(OCCc2cccc(O)c2)cc(N(CC(=O)O)CC(=O)O)c1. The third-order valence-electron chi connectivity index (χ3n) is 7.72. The summed E-state index contributed by atoms with van der Waals surface area (Å²) < 4.78 is 12.0. The maximum absolute atomic E-state index is 11.4. The maximum atomic E-state index is 11.4. The van der Waals surface area contributed by atoms with Crippen molar-refractivity contribution in [3.8, 4) is 17.2 Å². The molecule has 2 rings (SSSR count). The third-order valence-corrected chi connectivity index (χ3v) is 7.72. The summed E-state index contributed by atoms with van der Waals surface area (Å²) in [7, 11) is 0. The normalized spacial score (nSPS) is 10.9. The quantitative estimate of drug-likeness (QED) is 0.0858. The standard InChI is InChI=1S/C36H55NO7/c1-2-3-4-5-6-7-8-9-10-11-12-13-14-15-16-17-22-43-33-25-31(37(28-35(39)40)29-36(41)42)26-34(27-33)44-23-21-30-19-18-20-32(38)24-30/h18-20,24-27,38H,2-17,21-23,28-29H2,1H3,(H,39,40)(H,41,42). The second-order valence-electron chi connectivity index (χ2n) is 11.7. The Morgan fingerprint density at radius 1 is 0.636 bits per heavy atom. The van der Waals surface area contributed by atoms with Crippen LogP contribution in [0.3, 0.4) is 0 Å². The Morgan fingerprint density at radius 3 is 1.59 bits per heavy atom. The molecule has 0 aliphatic rings. The number of aliphatic carboxylic acids is 2. The van der Waals surface area contributed by atoms with Gasteiger partial charge in [0.1, 0.15) is 30.3 Å². The lowest BCUT2D eigenvalue weighted by Gasteiger charge is -2.22. The largest absolute Gasteiger partial charge is 0.508 e. The Bertz CT molecular complexity index is 1060. The number of anilines is 1. The van der Waals surface area contributed by atoms with Gasteiger partial charge in [0, 0.05) is 30.3 Å². The van der Waals surface area contributed by atoms with Crippen LogP contribution in [0, 0.1) is 0 Å². The molecule has 2 aromatic rings. The van der Waals surface area contributed by atoms with E-state index in [0.717, 1.165) is 18.4 Å². The number of unbranched alkanes of at least 4 members (excludes halogenated alkanes) is 15. The van der Waals surface area contributed by atoms with Crippen LogP contribution < -0.4 is 14.4 Å². The summed E-state index contributed by atoms with van der Waals surface area (Å²) in [6, 6.07) is 12.0. The first kappa shape index (κ1) is 36.8. The molecule has 0 spiro atoms. The van der Waals surface area contributed by atoms with Gasteiger partial charge in [-0.2, -0.15) is 0 Å². The third kappa shape index (κ3) is 17.6. The zero-order valence-electron chi connectivity index (χ0n) is 26.8. The van der Waals surface area contributed by atoms with Crippen LogP contribution in [-0.2, 0) is 16.0 Å². The first-order chi connectivity index (χ1) is 21.4. The fourth-order valence-corrected chi connectivity index (χ4v) is 5.31. The van der Waals surface area contributed by atoms with Gasteiger partial charge in [-0.1, -0.05) is 115 Å². The molecule has 0 aliphatic carbocycles. The van der Waals surface area contributed by atoms with E-state index in [4.69, 9.17) is 9.47 Å². The average molecular weight is 614 g/mol. The highest BCUT2D eigenvalue weighted by molar-refractivity contribution is 5.80. The predicted molar refractivity (Wildman–Crippen MR) is 176 cm³/mol. The average Bonchev–Trinajstić information content (AvgIpc) is 2.98. The molecule has 0 heterocycles. The zero-order valence-corrected chi connectivity index (χ0v) is 26.8. The van der Waals surface area contributed by atoms with Gasteiger partial charge in [0.05, 0.1) is 13.2 Å². The molecule has 0 aliphatic heterocycles. The van der Waals surface area contributed by atoms with Gasteiger partial charge in [-0.3, -0.25) is 9.59 Å². The fourth-order valence-electron chi connectivity index (χ4n) is 5.31. The van der Waals surface area contributed by atoms with E-state index in [1.54, 1.807) is 36.4 Å². The number of ether oxygens (including phenoxy) is 2. The number of nitrogens with zero attached hydrogens (tertiary/aromatic N) is 1. The molecule has 0 amide bonds. The smallest absolute Gasteiger partial charge is 0.323 e. The van der Waals surface area contributed by atoms with Crippen molar-refractivity contribution in [3.05, 3.63) is 48.0 Å². The molecule has 2 aromatic carbocycles. The van der Waals surface area contributed by atoms with Gasteiger partial charge >= 0.3 is 11.9 Å². The van der Waals surface area contributed by atoms with Crippen molar-refractivity contribution in [2.24, 2.45) is 0 Å². The zero-order chi connectivity index (χ0) is 31.8. The Balaban J connectivity index is 1.73. The van der Waals surface area contributed by atoms with Gasteiger partial charge in [0.25, 0.3) is 0 Å². The molecule has 0 radical (unpaired) electrons. The molecule has 0 unspecified atom stereocenters. The van der Waals surface area contributed by atoms with Gasteiger partial charge in [0.2, 0.25) is 0 Å². The summed E-state index contributed by atoms with van der Waals surface area (Å²) in [4.78, 5) is 24.1. The summed E-state index contributed by atoms with van der Waals surface area (Å²) in [5.74, 6) is -1.09. The first-order valence-electron chi connectivity index (χ1n) is 16.7. The van der Waals surface area contributed by atoms with E-state index in [1.165, 1.54) is 94.8 Å². The van der Waals surface area contributed by atoms with Crippen molar-refractivity contribution in [1.29, 1.82) is 0 Å². The molecule has 44 heavy (non-hydrogen) atoms. The maximum Gasteiger partial charge on any atom is 0.323 e. The molecule has 0 atom stereocenters. The van der Waals surface area contributed by atoms with Crippen LogP contribution in [-0.4, -0.2) is 53.6 Å². The lowest BCUT2D eigenvalue weighted by Crippen LogP contribution is -2.34. The van der Waals surface area contributed by atoms with Crippen LogP contribution in [0.25, 0.3) is 0 Å². The number of hydrogen-bond acceptors (Lipinski definition) is 6. The second-order valence-corrected chi connectivity index (χ2v) is 11.7. The van der Waals surface area contributed by atoms with Crippen molar-refractivity contribution in [3.63, 3.8) is 0 Å². The molecular formula is C36H55NO7. The van der Waals surface area contributed by atoms with E-state index >= 15 is 0 Å². The van der Waals surface area contributed by atoms with Crippen LogP contribution in [0.15, 0.2) is 42.5 Å². The highest BCUT2D eigenvalue weighted by Gasteiger charge is 2.17. The molecule has 8 heteroatoms. The minimum atomic E-state index is -1.13. The van der Waals surface area contributed by atoms with E-state index in [9.17, 15) is 24.9 Å². The summed E-state index contributed by atoms with van der Waals surface area (Å²) in [5.41, 5.74) is 1.33. The van der Waals surface area contributed by atoms with Crippen molar-refractivity contribution < 1.29 is 34.4 Å². The van der Waals surface area contributed by atoms with Crippen molar-refractivity contribution in [1.82, 2.24) is 0 Å². The lowest BCUT2D eigenvalue weighted by atomic mass is 10.0. The number of carboxylic acids is 2. The molecule has 0 saturated heterocycles. The van der Waals surface area contributed by atoms with E-state index in [2.05, 4.69) is 6.92 Å². The number of phenols is 1. The number of aromatic hydroxyl groups is 1. The topological polar surface area (TPSA) is 117 Å². The van der Waals surface area contributed by atoms with Crippen molar-refractivity contribution in [2.45, 2.75) is 116 Å². The minimum absolute atomic E-state index is 0.187. The molecular weight excluding hydrogens is 558 g/mol. The summed E-state index contributed by atoms with van der Waals surface area (Å²) in [5, 5.41) is 28.4. The van der Waals surface area contributed by atoms with Crippen LogP contribution in [0.1, 0.15) is 115 Å². The van der Waals surface area contributed by atoms with Gasteiger partial charge < -0.3 is 29.7 Å². The van der Waals surface area contributed by atoms with Crippen LogP contribution in [0.2, 0.25) is 0 Å². The summed E-state index contributed by atoms with van der Waals surface area (Å²) >= 11 is 0. The van der Waals surface area contributed by atoms with Gasteiger partial charge in [-0.05, 0) is 24.1 Å². The van der Waals surface area contributed by atoms with Crippen LogP contribution in [0.5, 0.6) is 17.2 Å². The first-order valence-corrected chi connectivity index (χ1v) is 16.7. The highest BCUT2D eigenvalue weighted by Crippen LogP contribution is 2.29. The monoisotopic (exact) mass is 613 g/mol. The minimum Gasteiger partial charge on any atom is -0.508 e. The summed E-state index contributed by atoms with van der Waals surface area (Å²) in [6.07, 6.45) is 21.3. The molecule has 0 aromatic heterocycles. The molecule has 3 N–H and O–H groups in total. The number of carboxylic acid groups (broad SMARTS) is 2.